The second-order valence-corrected chi connectivity index (χ2v) is 8.79. The van der Waals surface area contributed by atoms with Crippen molar-refractivity contribution in [1.29, 1.82) is 0 Å². The number of hydrogen-bond donors (Lipinski definition) is 0. The highest BCUT2D eigenvalue weighted by Gasteiger charge is 2.44. The van der Waals surface area contributed by atoms with Gasteiger partial charge in [-0.25, -0.2) is 0 Å². The summed E-state index contributed by atoms with van der Waals surface area (Å²) >= 11 is 0. The molecule has 4 rings (SSSR count). The van der Waals surface area contributed by atoms with Crippen molar-refractivity contribution in [2.45, 2.75) is 51.0 Å². The minimum Gasteiger partial charge on any atom is -0.487 e. The number of piperidine rings is 1. The Labute approximate surface area is 184 Å². The molecule has 1 aromatic carbocycles. The Balaban J connectivity index is 1.50. The second-order valence-electron chi connectivity index (χ2n) is 8.79. The maximum Gasteiger partial charge on any atom is 0.270 e. The number of carbonyl (C=O) groups excluding carboxylic acids is 2. The number of aryl methyl sites for hydroxylation is 1. The minimum atomic E-state index is -0.312. The summed E-state index contributed by atoms with van der Waals surface area (Å²) in [6, 6.07) is 11.9. The predicted molar refractivity (Wildman–Crippen MR) is 120 cm³/mol. The van der Waals surface area contributed by atoms with Crippen LogP contribution in [-0.2, 0) is 11.8 Å². The number of fused-ring (bicyclic) bond motifs is 1. The van der Waals surface area contributed by atoms with Gasteiger partial charge in [0.1, 0.15) is 17.0 Å². The van der Waals surface area contributed by atoms with E-state index in [4.69, 9.17) is 4.74 Å². The largest absolute Gasteiger partial charge is 0.487 e. The Morgan fingerprint density at radius 3 is 2.45 bits per heavy atom. The van der Waals surface area contributed by atoms with Gasteiger partial charge >= 0.3 is 0 Å². The highest BCUT2D eigenvalue weighted by Crippen LogP contribution is 2.46. The van der Waals surface area contributed by atoms with E-state index in [0.29, 0.717) is 25.2 Å². The lowest BCUT2D eigenvalue weighted by Gasteiger charge is -2.47. The Bertz CT molecular complexity index is 939. The summed E-state index contributed by atoms with van der Waals surface area (Å²) in [5.74, 6) is 1.33. The van der Waals surface area contributed by atoms with Crippen LogP contribution in [0.1, 0.15) is 61.5 Å². The lowest BCUT2D eigenvalue weighted by molar-refractivity contribution is -0.131. The molecule has 0 N–H and O–H groups in total. The third-order valence-corrected chi connectivity index (χ3v) is 6.97. The van der Waals surface area contributed by atoms with Crippen molar-refractivity contribution >= 4 is 11.8 Å². The SMILES string of the molecule is CCN(CC)C(=O)C[C@@H]1CC2(CCN(C(=O)c3cccn3C)CC2)Oc2ccccc21. The number of rotatable bonds is 5. The van der Waals surface area contributed by atoms with Crippen LogP contribution in [-0.4, -0.2) is 58.0 Å². The fraction of sp³-hybridized carbons (Fsp3) is 0.520. The van der Waals surface area contributed by atoms with E-state index in [1.165, 1.54) is 0 Å². The molecule has 1 atom stereocenters. The van der Waals surface area contributed by atoms with Crippen molar-refractivity contribution in [1.82, 2.24) is 14.4 Å². The first-order valence-electron chi connectivity index (χ1n) is 11.4. The number of para-hydroxylation sites is 1. The zero-order valence-corrected chi connectivity index (χ0v) is 18.8. The number of benzene rings is 1. The van der Waals surface area contributed by atoms with E-state index in [0.717, 1.165) is 43.7 Å². The summed E-state index contributed by atoms with van der Waals surface area (Å²) in [5.41, 5.74) is 1.54. The van der Waals surface area contributed by atoms with Crippen LogP contribution in [0.2, 0.25) is 0 Å². The van der Waals surface area contributed by atoms with Crippen LogP contribution < -0.4 is 4.74 Å². The average molecular weight is 424 g/mol. The molecule has 0 radical (unpaired) electrons. The van der Waals surface area contributed by atoms with Crippen LogP contribution in [0.25, 0.3) is 0 Å². The number of likely N-dealkylation sites (tertiary alicyclic amines) is 1. The zero-order valence-electron chi connectivity index (χ0n) is 18.8. The Morgan fingerprint density at radius 2 is 1.81 bits per heavy atom. The minimum absolute atomic E-state index is 0.0758. The lowest BCUT2D eigenvalue weighted by atomic mass is 9.76. The second kappa shape index (κ2) is 8.77. The van der Waals surface area contributed by atoms with Gasteiger partial charge in [0.05, 0.1) is 0 Å². The van der Waals surface area contributed by atoms with Gasteiger partial charge in [-0.2, -0.15) is 0 Å². The van der Waals surface area contributed by atoms with E-state index in [1.54, 1.807) is 0 Å². The van der Waals surface area contributed by atoms with E-state index in [9.17, 15) is 9.59 Å². The van der Waals surface area contributed by atoms with Crippen LogP contribution in [0.5, 0.6) is 5.75 Å². The van der Waals surface area contributed by atoms with Gasteiger partial charge in [-0.15, -0.1) is 0 Å². The van der Waals surface area contributed by atoms with Crippen LogP contribution in [0.3, 0.4) is 0 Å². The summed E-state index contributed by atoms with van der Waals surface area (Å²) in [4.78, 5) is 29.6. The van der Waals surface area contributed by atoms with E-state index < -0.39 is 0 Å². The maximum atomic E-state index is 12.9. The van der Waals surface area contributed by atoms with Crippen molar-refractivity contribution in [3.63, 3.8) is 0 Å². The quantitative estimate of drug-likeness (QED) is 0.735. The molecular weight excluding hydrogens is 390 g/mol. The normalized spacial score (nSPS) is 19.6. The number of carbonyl (C=O) groups is 2. The van der Waals surface area contributed by atoms with Crippen LogP contribution >= 0.6 is 0 Å². The fourth-order valence-corrected chi connectivity index (χ4v) is 5.11. The van der Waals surface area contributed by atoms with Crippen LogP contribution in [0.15, 0.2) is 42.6 Å². The third-order valence-electron chi connectivity index (χ3n) is 6.97. The summed E-state index contributed by atoms with van der Waals surface area (Å²) in [6.45, 7) is 6.87. The molecule has 0 aliphatic carbocycles. The van der Waals surface area contributed by atoms with E-state index >= 15 is 0 Å². The van der Waals surface area contributed by atoms with Gasteiger partial charge in [-0.05, 0) is 44.0 Å². The lowest BCUT2D eigenvalue weighted by Crippen LogP contribution is -2.52. The highest BCUT2D eigenvalue weighted by molar-refractivity contribution is 5.92. The molecule has 2 aliphatic heterocycles. The van der Waals surface area contributed by atoms with Crippen molar-refractivity contribution in [2.75, 3.05) is 26.2 Å². The molecule has 0 bridgehead atoms. The van der Waals surface area contributed by atoms with Crippen molar-refractivity contribution in [2.24, 2.45) is 7.05 Å². The van der Waals surface area contributed by atoms with Gasteiger partial charge in [0.25, 0.3) is 5.91 Å². The molecule has 166 valence electrons. The molecule has 2 aromatic rings. The Hall–Kier alpha value is -2.76. The smallest absolute Gasteiger partial charge is 0.270 e. The van der Waals surface area contributed by atoms with Gasteiger partial charge in [-0.3, -0.25) is 9.59 Å². The van der Waals surface area contributed by atoms with Crippen LogP contribution in [0, 0.1) is 0 Å². The topological polar surface area (TPSA) is 54.8 Å². The standard InChI is InChI=1S/C25H33N3O3/c1-4-27(5-2)23(29)17-19-18-25(31-22-11-7-6-9-20(19)22)12-15-28(16-13-25)24(30)21-10-8-14-26(21)3/h6-11,14,19H,4-5,12-13,15-18H2,1-3H3/t19-/m1/s1. The molecule has 1 aromatic heterocycles. The molecule has 1 saturated heterocycles. The number of hydrogen-bond acceptors (Lipinski definition) is 3. The third kappa shape index (κ3) is 4.21. The maximum absolute atomic E-state index is 12.9. The molecule has 2 aliphatic rings. The van der Waals surface area contributed by atoms with E-state index in [2.05, 4.69) is 6.07 Å². The zero-order chi connectivity index (χ0) is 22.0. The molecule has 6 nitrogen and oxygen atoms in total. The van der Waals surface area contributed by atoms with Gasteiger partial charge in [-0.1, -0.05) is 18.2 Å². The predicted octanol–water partition coefficient (Wildman–Crippen LogP) is 3.82. The molecule has 2 amide bonds. The summed E-state index contributed by atoms with van der Waals surface area (Å²) in [5, 5.41) is 0. The number of ether oxygens (including phenoxy) is 1. The Kier molecular flexibility index (Phi) is 6.08. The van der Waals surface area contributed by atoms with Gasteiger partial charge in [0.15, 0.2) is 0 Å². The molecule has 0 unspecified atom stereocenters. The monoisotopic (exact) mass is 423 g/mol. The average Bonchev–Trinajstić information content (AvgIpc) is 3.20. The molecule has 1 spiro atoms. The number of nitrogens with zero attached hydrogens (tertiary/aromatic N) is 3. The summed E-state index contributed by atoms with van der Waals surface area (Å²) < 4.78 is 8.43. The number of amides is 2. The summed E-state index contributed by atoms with van der Waals surface area (Å²) in [6.07, 6.45) is 4.80. The van der Waals surface area contributed by atoms with Crippen LogP contribution in [0.4, 0.5) is 0 Å². The molecule has 31 heavy (non-hydrogen) atoms. The van der Waals surface area contributed by atoms with Crippen molar-refractivity contribution < 1.29 is 14.3 Å². The molecule has 6 heteroatoms. The fourth-order valence-electron chi connectivity index (χ4n) is 5.11. The first-order chi connectivity index (χ1) is 15.0. The van der Waals surface area contributed by atoms with Crippen molar-refractivity contribution in [3.05, 3.63) is 53.9 Å². The van der Waals surface area contributed by atoms with E-state index in [-0.39, 0.29) is 23.3 Å². The Morgan fingerprint density at radius 1 is 1.10 bits per heavy atom. The highest BCUT2D eigenvalue weighted by atomic mass is 16.5. The molecule has 1 fully saturated rings. The van der Waals surface area contributed by atoms with Gasteiger partial charge in [0, 0.05) is 64.6 Å². The molecular formula is C25H33N3O3. The first kappa shape index (κ1) is 21.5. The van der Waals surface area contributed by atoms with E-state index in [1.807, 2.05) is 71.8 Å². The van der Waals surface area contributed by atoms with Gasteiger partial charge in [0.2, 0.25) is 5.91 Å². The first-order valence-corrected chi connectivity index (χ1v) is 11.4. The summed E-state index contributed by atoms with van der Waals surface area (Å²) in [7, 11) is 1.90. The molecule has 0 saturated carbocycles. The van der Waals surface area contributed by atoms with Crippen molar-refractivity contribution in [3.8, 4) is 5.75 Å². The molecule has 3 heterocycles. The number of aromatic nitrogens is 1. The van der Waals surface area contributed by atoms with Gasteiger partial charge < -0.3 is 19.1 Å².